The molecule has 1 rings (SSSR count). The lowest BCUT2D eigenvalue weighted by atomic mass is 10.1. The van der Waals surface area contributed by atoms with Gasteiger partial charge in [0.05, 0.1) is 12.7 Å². The molecule has 0 amide bonds. The van der Waals surface area contributed by atoms with Crippen molar-refractivity contribution in [2.75, 3.05) is 6.61 Å². The van der Waals surface area contributed by atoms with Crippen LogP contribution < -0.4 is 0 Å². The summed E-state index contributed by atoms with van der Waals surface area (Å²) in [6, 6.07) is 0. The number of aliphatic hydroxyl groups excluding tert-OH is 1. The third-order valence-corrected chi connectivity index (χ3v) is 4.45. The van der Waals surface area contributed by atoms with E-state index in [0.29, 0.717) is 13.0 Å². The van der Waals surface area contributed by atoms with E-state index in [9.17, 15) is 9.90 Å². The molecule has 0 saturated carbocycles. The van der Waals surface area contributed by atoms with Crippen LogP contribution in [0.2, 0.25) is 0 Å². The van der Waals surface area contributed by atoms with Gasteiger partial charge in [-0.25, -0.2) is 4.79 Å². The Morgan fingerprint density at radius 1 is 0.769 bits per heavy atom. The maximum absolute atomic E-state index is 11.5. The van der Waals surface area contributed by atoms with E-state index in [2.05, 4.69) is 6.08 Å². The molecule has 0 radical (unpaired) electrons. The monoisotopic (exact) mass is 360 g/mol. The zero-order chi connectivity index (χ0) is 18.7. The predicted molar refractivity (Wildman–Crippen MR) is 109 cm³/mol. The van der Waals surface area contributed by atoms with Crippen molar-refractivity contribution in [3.8, 4) is 0 Å². The Kier molecular flexibility index (Phi) is 14.5. The van der Waals surface area contributed by atoms with E-state index < -0.39 is 6.10 Å². The molecule has 0 bridgehead atoms. The second-order valence-corrected chi connectivity index (χ2v) is 6.90. The first-order chi connectivity index (χ1) is 12.8. The smallest absolute Gasteiger partial charge is 0.330 e. The van der Waals surface area contributed by atoms with Gasteiger partial charge in [0.2, 0.25) is 0 Å². The molecular weight excluding hydrogens is 324 g/mol. The van der Waals surface area contributed by atoms with Gasteiger partial charge < -0.3 is 9.84 Å². The molecule has 1 N–H and O–H groups in total. The fourth-order valence-electron chi connectivity index (χ4n) is 2.88. The van der Waals surface area contributed by atoms with Crippen molar-refractivity contribution < 1.29 is 14.6 Å². The van der Waals surface area contributed by atoms with Crippen LogP contribution in [0.3, 0.4) is 0 Å². The van der Waals surface area contributed by atoms with Gasteiger partial charge in [0.15, 0.2) is 0 Å². The fourth-order valence-corrected chi connectivity index (χ4v) is 2.88. The molecule has 26 heavy (non-hydrogen) atoms. The average Bonchev–Trinajstić information content (AvgIpc) is 2.63. The lowest BCUT2D eigenvalue weighted by Crippen LogP contribution is -2.02. The lowest BCUT2D eigenvalue weighted by Gasteiger charge is -2.03. The quantitative estimate of drug-likeness (QED) is 0.554. The molecule has 0 aromatic heterocycles. The summed E-state index contributed by atoms with van der Waals surface area (Å²) >= 11 is 0. The number of esters is 1. The first kappa shape index (κ1) is 22.4. The number of ether oxygens (including phenoxy) is 1. The van der Waals surface area contributed by atoms with E-state index in [4.69, 9.17) is 4.74 Å². The summed E-state index contributed by atoms with van der Waals surface area (Å²) < 4.78 is 5.17. The number of hydrogen-bond acceptors (Lipinski definition) is 3. The van der Waals surface area contributed by atoms with Crippen LogP contribution in [0, 0.1) is 0 Å². The van der Waals surface area contributed by atoms with E-state index in [1.165, 1.54) is 57.4 Å². The minimum atomic E-state index is -0.498. The molecular formula is C23H36O3. The van der Waals surface area contributed by atoms with E-state index >= 15 is 0 Å². The van der Waals surface area contributed by atoms with Crippen LogP contribution in [0.1, 0.15) is 77.0 Å². The van der Waals surface area contributed by atoms with Gasteiger partial charge >= 0.3 is 5.97 Å². The summed E-state index contributed by atoms with van der Waals surface area (Å²) in [6.45, 7) is 0.504. The third kappa shape index (κ3) is 14.7. The number of aliphatic hydroxyl groups is 1. The molecule has 0 unspecified atom stereocenters. The molecule has 0 spiro atoms. The van der Waals surface area contributed by atoms with Gasteiger partial charge in [-0.05, 0) is 25.7 Å². The average molecular weight is 361 g/mol. The number of rotatable bonds is 0. The second-order valence-electron chi connectivity index (χ2n) is 6.90. The number of allylic oxidation sites excluding steroid dienone is 5. The fraction of sp³-hybridized carbons (Fsp3) is 0.609. The molecule has 0 saturated heterocycles. The zero-order valence-corrected chi connectivity index (χ0v) is 16.2. The minimum Gasteiger partial charge on any atom is -0.463 e. The lowest BCUT2D eigenvalue weighted by molar-refractivity contribution is -0.137. The van der Waals surface area contributed by atoms with Crippen molar-refractivity contribution in [1.29, 1.82) is 0 Å². The van der Waals surface area contributed by atoms with Crippen LogP contribution in [0.25, 0.3) is 0 Å². The van der Waals surface area contributed by atoms with Crippen LogP contribution in [0.5, 0.6) is 0 Å². The summed E-state index contributed by atoms with van der Waals surface area (Å²) in [5, 5.41) is 9.84. The Bertz CT molecular complexity index is 460. The molecule has 1 heterocycles. The van der Waals surface area contributed by atoms with Crippen molar-refractivity contribution in [1.82, 2.24) is 0 Å². The molecule has 0 fully saturated rings. The Hall–Kier alpha value is -1.61. The first-order valence-corrected chi connectivity index (χ1v) is 10.3. The second kappa shape index (κ2) is 16.8. The van der Waals surface area contributed by atoms with Crippen molar-refractivity contribution in [3.63, 3.8) is 0 Å². The van der Waals surface area contributed by atoms with Gasteiger partial charge in [-0.2, -0.15) is 0 Å². The Morgan fingerprint density at radius 3 is 2.12 bits per heavy atom. The molecule has 0 aromatic rings. The third-order valence-electron chi connectivity index (χ3n) is 4.45. The number of cyclic esters (lactones) is 1. The SMILES string of the molecule is O=C1/C=C\C=C\C[C@H](O)/C=C/C=C\CCCCCCCCCCCCO1. The summed E-state index contributed by atoms with van der Waals surface area (Å²) in [6.07, 6.45) is 28.2. The number of carbonyl (C=O) groups excluding carboxylic acids is 1. The first-order valence-electron chi connectivity index (χ1n) is 10.3. The highest BCUT2D eigenvalue weighted by Crippen LogP contribution is 2.11. The molecule has 1 aliphatic heterocycles. The summed E-state index contributed by atoms with van der Waals surface area (Å²) in [4.78, 5) is 11.5. The van der Waals surface area contributed by atoms with Crippen molar-refractivity contribution in [2.45, 2.75) is 83.2 Å². The molecule has 3 heteroatoms. The van der Waals surface area contributed by atoms with Crippen LogP contribution in [-0.4, -0.2) is 23.8 Å². The van der Waals surface area contributed by atoms with E-state index in [1.54, 1.807) is 18.2 Å². The largest absolute Gasteiger partial charge is 0.463 e. The molecule has 0 aliphatic carbocycles. The Morgan fingerprint density at radius 2 is 1.38 bits per heavy atom. The van der Waals surface area contributed by atoms with Crippen molar-refractivity contribution in [3.05, 3.63) is 48.6 Å². The van der Waals surface area contributed by atoms with Gasteiger partial charge in [0.25, 0.3) is 0 Å². The molecule has 1 atom stereocenters. The summed E-state index contributed by atoms with van der Waals surface area (Å²) in [5.41, 5.74) is 0. The molecule has 1 aliphatic rings. The van der Waals surface area contributed by atoms with Gasteiger partial charge in [0.1, 0.15) is 0 Å². The zero-order valence-electron chi connectivity index (χ0n) is 16.2. The van der Waals surface area contributed by atoms with E-state index in [1.807, 2.05) is 18.2 Å². The number of hydrogen-bond donors (Lipinski definition) is 1. The summed E-state index contributed by atoms with van der Waals surface area (Å²) in [5.74, 6) is -0.297. The highest BCUT2D eigenvalue weighted by atomic mass is 16.5. The van der Waals surface area contributed by atoms with Gasteiger partial charge in [-0.1, -0.05) is 93.9 Å². The van der Waals surface area contributed by atoms with Crippen LogP contribution >= 0.6 is 0 Å². The van der Waals surface area contributed by atoms with Gasteiger partial charge in [-0.15, -0.1) is 0 Å². The van der Waals surface area contributed by atoms with Gasteiger partial charge in [-0.3, -0.25) is 0 Å². The van der Waals surface area contributed by atoms with Gasteiger partial charge in [0, 0.05) is 6.08 Å². The highest BCUT2D eigenvalue weighted by molar-refractivity contribution is 5.82. The maximum Gasteiger partial charge on any atom is 0.330 e. The predicted octanol–water partition coefficient (Wildman–Crippen LogP) is 5.81. The maximum atomic E-state index is 11.5. The van der Waals surface area contributed by atoms with Crippen molar-refractivity contribution >= 4 is 5.97 Å². The molecule has 146 valence electrons. The number of carbonyl (C=O) groups is 1. The normalized spacial score (nSPS) is 28.2. The van der Waals surface area contributed by atoms with Crippen LogP contribution in [0.4, 0.5) is 0 Å². The van der Waals surface area contributed by atoms with E-state index in [-0.39, 0.29) is 5.97 Å². The minimum absolute atomic E-state index is 0.297. The highest BCUT2D eigenvalue weighted by Gasteiger charge is 1.97. The standard InChI is InChI=1S/C23H36O3/c24-22-18-14-11-9-7-5-3-1-2-4-6-8-10-12-17-21-26-23(25)20-16-13-15-19-22/h9,11,13-16,18,20,22,24H,1-8,10,12,17,19,21H2/b11-9-,15-13+,18-14+,20-16-/t22-/m1/s1. The summed E-state index contributed by atoms with van der Waals surface area (Å²) in [7, 11) is 0. The van der Waals surface area contributed by atoms with E-state index in [0.717, 1.165) is 19.3 Å². The molecule has 3 nitrogen and oxygen atoms in total. The van der Waals surface area contributed by atoms with Crippen molar-refractivity contribution in [2.24, 2.45) is 0 Å². The Balaban J connectivity index is 2.36. The topological polar surface area (TPSA) is 46.5 Å². The Labute approximate surface area is 159 Å². The van der Waals surface area contributed by atoms with Crippen LogP contribution in [-0.2, 0) is 9.53 Å². The molecule has 0 aromatic carbocycles. The van der Waals surface area contributed by atoms with Crippen LogP contribution in [0.15, 0.2) is 48.6 Å².